The molecule has 4 aromatic heterocycles. The van der Waals surface area contributed by atoms with Gasteiger partial charge in [-0.1, -0.05) is 115 Å². The van der Waals surface area contributed by atoms with E-state index in [0.717, 1.165) is 93.5 Å². The molecule has 0 atom stereocenters. The van der Waals surface area contributed by atoms with Crippen LogP contribution in [0.1, 0.15) is 0 Å². The molecule has 4 heterocycles. The highest BCUT2D eigenvalue weighted by atomic mass is 16.3. The Morgan fingerprint density at radius 1 is 0.316 bits per heavy atom. The van der Waals surface area contributed by atoms with Crippen molar-refractivity contribution >= 4 is 65.6 Å². The summed E-state index contributed by atoms with van der Waals surface area (Å²) in [5, 5.41) is 6.80. The Morgan fingerprint density at radius 2 is 0.807 bits per heavy atom. The highest BCUT2D eigenvalue weighted by molar-refractivity contribution is 6.12. The molecule has 12 aromatic rings. The molecular formula is C51H31N5O. The van der Waals surface area contributed by atoms with Crippen molar-refractivity contribution in [2.75, 3.05) is 0 Å². The van der Waals surface area contributed by atoms with Crippen molar-refractivity contribution in [2.45, 2.75) is 0 Å². The number of para-hydroxylation sites is 4. The molecule has 0 N–H and O–H groups in total. The van der Waals surface area contributed by atoms with Gasteiger partial charge in [-0.05, 0) is 83.9 Å². The lowest BCUT2D eigenvalue weighted by Gasteiger charge is -2.11. The van der Waals surface area contributed by atoms with Gasteiger partial charge in [0.05, 0.1) is 22.1 Å². The normalized spacial score (nSPS) is 11.9. The number of hydrogen-bond donors (Lipinski definition) is 0. The summed E-state index contributed by atoms with van der Waals surface area (Å²) in [7, 11) is 0. The zero-order valence-electron chi connectivity index (χ0n) is 30.5. The second kappa shape index (κ2) is 12.3. The summed E-state index contributed by atoms with van der Waals surface area (Å²) in [6.07, 6.45) is 0. The van der Waals surface area contributed by atoms with Crippen LogP contribution >= 0.6 is 0 Å². The zero-order chi connectivity index (χ0) is 37.5. The average molecular weight is 730 g/mol. The standard InChI is InChI=1S/C51H31N5O/c1-3-13-32(14-4-1)49-52-50(54-51(53-49)56-43-20-10-7-17-37(43)38-18-8-11-21-44(38)56)35-24-27-46-41(31-35)40-29-33(23-26-45(40)55(46)36-15-5-2-6-16-36)34-25-28-48-42(30-34)39-19-9-12-22-47(39)57-48/h1-31H. The third kappa shape index (κ3) is 4.94. The maximum atomic E-state index is 6.17. The summed E-state index contributed by atoms with van der Waals surface area (Å²) in [6, 6.07) is 65.7. The molecule has 0 spiro atoms. The fraction of sp³-hybridized carbons (Fsp3) is 0. The molecule has 0 fully saturated rings. The van der Waals surface area contributed by atoms with Gasteiger partial charge in [-0.3, -0.25) is 4.57 Å². The number of aromatic nitrogens is 5. The zero-order valence-corrected chi connectivity index (χ0v) is 30.5. The van der Waals surface area contributed by atoms with Gasteiger partial charge in [0.25, 0.3) is 0 Å². The molecule has 12 rings (SSSR count). The molecule has 0 saturated carbocycles. The Kier molecular flexibility index (Phi) is 6.83. The van der Waals surface area contributed by atoms with E-state index in [1.807, 2.05) is 30.3 Å². The first-order valence-electron chi connectivity index (χ1n) is 19.1. The van der Waals surface area contributed by atoms with E-state index < -0.39 is 0 Å². The van der Waals surface area contributed by atoms with Crippen LogP contribution in [0.15, 0.2) is 192 Å². The predicted octanol–water partition coefficient (Wildman–Crippen LogP) is 13.0. The highest BCUT2D eigenvalue weighted by Gasteiger charge is 2.20. The molecule has 6 nitrogen and oxygen atoms in total. The molecule has 0 aliphatic carbocycles. The molecule has 0 amide bonds. The van der Waals surface area contributed by atoms with E-state index in [-0.39, 0.29) is 0 Å². The summed E-state index contributed by atoms with van der Waals surface area (Å²) in [5.74, 6) is 1.80. The van der Waals surface area contributed by atoms with Crippen LogP contribution in [0, 0.1) is 0 Å². The molecule has 0 radical (unpaired) electrons. The Bertz CT molecular complexity index is 3470. The minimum Gasteiger partial charge on any atom is -0.456 e. The van der Waals surface area contributed by atoms with Crippen LogP contribution in [0.2, 0.25) is 0 Å². The van der Waals surface area contributed by atoms with Gasteiger partial charge < -0.3 is 8.98 Å². The Labute approximate surface area is 326 Å². The smallest absolute Gasteiger partial charge is 0.238 e. The van der Waals surface area contributed by atoms with Crippen molar-refractivity contribution in [3.8, 4) is 45.5 Å². The van der Waals surface area contributed by atoms with Gasteiger partial charge in [0.1, 0.15) is 11.2 Å². The van der Waals surface area contributed by atoms with E-state index in [9.17, 15) is 0 Å². The number of benzene rings is 8. The topological polar surface area (TPSA) is 61.7 Å². The quantitative estimate of drug-likeness (QED) is 0.177. The van der Waals surface area contributed by atoms with Crippen molar-refractivity contribution in [1.82, 2.24) is 24.1 Å². The summed E-state index contributed by atoms with van der Waals surface area (Å²) in [5.41, 5.74) is 11.3. The van der Waals surface area contributed by atoms with Crippen LogP contribution in [0.5, 0.6) is 0 Å². The van der Waals surface area contributed by atoms with Crippen LogP contribution < -0.4 is 0 Å². The Morgan fingerprint density at radius 3 is 1.51 bits per heavy atom. The third-order valence-corrected chi connectivity index (χ3v) is 11.2. The molecule has 57 heavy (non-hydrogen) atoms. The van der Waals surface area contributed by atoms with E-state index in [1.165, 1.54) is 0 Å². The molecule has 0 unspecified atom stereocenters. The monoisotopic (exact) mass is 729 g/mol. The number of fused-ring (bicyclic) bond motifs is 9. The lowest BCUT2D eigenvalue weighted by molar-refractivity contribution is 0.669. The van der Waals surface area contributed by atoms with Crippen LogP contribution in [-0.2, 0) is 0 Å². The van der Waals surface area contributed by atoms with Crippen molar-refractivity contribution < 1.29 is 4.42 Å². The van der Waals surface area contributed by atoms with Gasteiger partial charge in [-0.2, -0.15) is 9.97 Å². The first-order chi connectivity index (χ1) is 28.2. The van der Waals surface area contributed by atoms with Gasteiger partial charge in [0, 0.05) is 49.1 Å². The Hall–Kier alpha value is -7.83. The van der Waals surface area contributed by atoms with Crippen LogP contribution in [-0.4, -0.2) is 24.1 Å². The van der Waals surface area contributed by atoms with Crippen molar-refractivity contribution in [3.63, 3.8) is 0 Å². The lowest BCUT2D eigenvalue weighted by Crippen LogP contribution is -2.06. The second-order valence-electron chi connectivity index (χ2n) is 14.5. The molecule has 0 aliphatic heterocycles. The molecule has 6 heteroatoms. The number of nitrogens with zero attached hydrogens (tertiary/aromatic N) is 5. The average Bonchev–Trinajstić information content (AvgIpc) is 3.94. The summed E-state index contributed by atoms with van der Waals surface area (Å²) in [4.78, 5) is 15.6. The molecular weight excluding hydrogens is 699 g/mol. The van der Waals surface area contributed by atoms with Crippen molar-refractivity contribution in [2.24, 2.45) is 0 Å². The highest BCUT2D eigenvalue weighted by Crippen LogP contribution is 2.39. The molecule has 266 valence electrons. The predicted molar refractivity (Wildman–Crippen MR) is 232 cm³/mol. The minimum atomic E-state index is 0.576. The van der Waals surface area contributed by atoms with Gasteiger partial charge in [-0.15, -0.1) is 0 Å². The van der Waals surface area contributed by atoms with E-state index in [0.29, 0.717) is 17.6 Å². The maximum absolute atomic E-state index is 6.17. The molecule has 0 aliphatic rings. The summed E-state index contributed by atoms with van der Waals surface area (Å²) in [6.45, 7) is 0. The minimum absolute atomic E-state index is 0.576. The van der Waals surface area contributed by atoms with Gasteiger partial charge in [-0.25, -0.2) is 4.98 Å². The van der Waals surface area contributed by atoms with Crippen LogP contribution in [0.3, 0.4) is 0 Å². The Balaban J connectivity index is 1.10. The first kappa shape index (κ1) is 31.5. The maximum Gasteiger partial charge on any atom is 0.238 e. The third-order valence-electron chi connectivity index (χ3n) is 11.2. The largest absolute Gasteiger partial charge is 0.456 e. The van der Waals surface area contributed by atoms with Gasteiger partial charge in [0.15, 0.2) is 11.6 Å². The van der Waals surface area contributed by atoms with Crippen molar-refractivity contribution in [1.29, 1.82) is 0 Å². The van der Waals surface area contributed by atoms with E-state index in [2.05, 4.69) is 167 Å². The van der Waals surface area contributed by atoms with E-state index in [1.54, 1.807) is 0 Å². The van der Waals surface area contributed by atoms with Crippen LogP contribution in [0.25, 0.3) is 111 Å². The summed E-state index contributed by atoms with van der Waals surface area (Å²) < 4.78 is 10.7. The SMILES string of the molecule is c1ccc(-c2nc(-c3ccc4c(c3)c3cc(-c5ccc6oc7ccccc7c6c5)ccc3n4-c3ccccc3)nc(-n3c4ccccc4c4ccccc43)n2)cc1. The fourth-order valence-electron chi connectivity index (χ4n) is 8.55. The second-order valence-corrected chi connectivity index (χ2v) is 14.5. The van der Waals surface area contributed by atoms with E-state index in [4.69, 9.17) is 19.4 Å². The number of furan rings is 1. The number of rotatable bonds is 5. The molecule has 0 saturated heterocycles. The van der Waals surface area contributed by atoms with E-state index >= 15 is 0 Å². The molecule has 0 bridgehead atoms. The lowest BCUT2D eigenvalue weighted by atomic mass is 10.00. The fourth-order valence-corrected chi connectivity index (χ4v) is 8.55. The first-order valence-corrected chi connectivity index (χ1v) is 19.1. The van der Waals surface area contributed by atoms with Crippen molar-refractivity contribution in [3.05, 3.63) is 188 Å². The van der Waals surface area contributed by atoms with Gasteiger partial charge in [0.2, 0.25) is 5.95 Å². The summed E-state index contributed by atoms with van der Waals surface area (Å²) >= 11 is 0. The number of hydrogen-bond acceptors (Lipinski definition) is 4. The van der Waals surface area contributed by atoms with Crippen LogP contribution in [0.4, 0.5) is 0 Å². The molecule has 8 aromatic carbocycles. The van der Waals surface area contributed by atoms with Gasteiger partial charge >= 0.3 is 0 Å².